The number of rotatable bonds is 41. The SMILES string of the molecule is CC/C=C\C/C=C\C/C=C\C/C=C\C/C=C\C/C=C\C/C=C\C/C=C\C/C=C\C/C=C\CCCCC(=O)OC(COC(=O)CCCCCCCC)COP(=O)(O)OCC[N+](C)(C)C. The van der Waals surface area contributed by atoms with Crippen LogP contribution in [0.15, 0.2) is 122 Å². The number of hydrogen-bond acceptors (Lipinski definition) is 7. The van der Waals surface area contributed by atoms with Gasteiger partial charge in [-0.15, -0.1) is 0 Å². The Hall–Kier alpha value is -3.59. The fourth-order valence-electron chi connectivity index (χ4n) is 5.57. The van der Waals surface area contributed by atoms with Crippen LogP contribution in [-0.4, -0.2) is 74.9 Å². The van der Waals surface area contributed by atoms with Crippen LogP contribution in [-0.2, 0) is 32.7 Å². The molecule has 0 saturated carbocycles. The van der Waals surface area contributed by atoms with Gasteiger partial charge in [-0.3, -0.25) is 18.6 Å². The zero-order chi connectivity index (χ0) is 46.4. The Bertz CT molecular complexity index is 1480. The summed E-state index contributed by atoms with van der Waals surface area (Å²) in [5.74, 6) is -0.873. The van der Waals surface area contributed by atoms with Crippen LogP contribution in [0.2, 0.25) is 0 Å². The lowest BCUT2D eigenvalue weighted by atomic mass is 10.1. The second-order valence-electron chi connectivity index (χ2n) is 16.4. The molecular weight excluding hydrogens is 810 g/mol. The first kappa shape index (κ1) is 59.4. The molecule has 0 bridgehead atoms. The van der Waals surface area contributed by atoms with Crippen LogP contribution in [0.5, 0.6) is 0 Å². The fourth-order valence-corrected chi connectivity index (χ4v) is 6.31. The molecule has 0 radical (unpaired) electrons. The number of likely N-dealkylation sites (N-methyl/N-ethyl adjacent to an activating group) is 1. The van der Waals surface area contributed by atoms with Gasteiger partial charge < -0.3 is 18.9 Å². The normalized spacial score (nSPS) is 14.6. The zero-order valence-corrected chi connectivity index (χ0v) is 40.9. The predicted octanol–water partition coefficient (Wildman–Crippen LogP) is 14.1. The summed E-state index contributed by atoms with van der Waals surface area (Å²) in [5, 5.41) is 0. The van der Waals surface area contributed by atoms with E-state index >= 15 is 0 Å². The van der Waals surface area contributed by atoms with Gasteiger partial charge in [-0.1, -0.05) is 167 Å². The molecule has 0 aromatic carbocycles. The summed E-state index contributed by atoms with van der Waals surface area (Å²) in [5.41, 5.74) is 0. The van der Waals surface area contributed by atoms with Crippen LogP contribution in [0.1, 0.15) is 149 Å². The molecular formula is C53H87NO8P+. The van der Waals surface area contributed by atoms with Gasteiger partial charge in [0.15, 0.2) is 6.10 Å². The molecule has 2 unspecified atom stereocenters. The Kier molecular flexibility index (Phi) is 41.2. The number of hydrogen-bond donors (Lipinski definition) is 1. The molecule has 356 valence electrons. The summed E-state index contributed by atoms with van der Waals surface area (Å²) in [6.07, 6.45) is 61.6. The number of esters is 2. The molecule has 1 N–H and O–H groups in total. The summed E-state index contributed by atoms with van der Waals surface area (Å²) >= 11 is 0. The van der Waals surface area contributed by atoms with Gasteiger partial charge in [0.2, 0.25) is 0 Å². The molecule has 0 fully saturated rings. The number of phosphoric ester groups is 1. The van der Waals surface area contributed by atoms with E-state index in [2.05, 4.69) is 135 Å². The Morgan fingerprint density at radius 3 is 1.35 bits per heavy atom. The second-order valence-corrected chi connectivity index (χ2v) is 17.9. The molecule has 0 aliphatic rings. The van der Waals surface area contributed by atoms with E-state index in [1.54, 1.807) is 0 Å². The van der Waals surface area contributed by atoms with Crippen molar-refractivity contribution in [3.63, 3.8) is 0 Å². The van der Waals surface area contributed by atoms with Crippen LogP contribution in [0.3, 0.4) is 0 Å². The molecule has 0 amide bonds. The molecule has 0 saturated heterocycles. The average molecular weight is 897 g/mol. The van der Waals surface area contributed by atoms with Gasteiger partial charge in [-0.25, -0.2) is 4.57 Å². The number of carbonyl (C=O) groups is 2. The van der Waals surface area contributed by atoms with Gasteiger partial charge in [0.1, 0.15) is 19.8 Å². The monoisotopic (exact) mass is 897 g/mol. The standard InChI is InChI=1S/C53H86NO8P/c1-6-8-10-12-14-15-16-17-18-19-20-21-22-23-24-25-26-27-28-29-30-31-32-33-34-35-36-37-38-39-40-42-44-46-53(56)62-51(49-59-52(55)45-43-41-13-11-9-7-2)50-61-63(57,58)60-48-47-54(3,4)5/h8,10,14-15,17-18,20-21,23-24,26-27,29-30,32-33,35-36,38-39,51H,6-7,9,11-13,16,19,22,25,28,31,34,37,40-50H2,1-5H3/p+1/b10-8-,15-14-,18-17-,21-20-,24-23-,27-26-,30-29-,33-32-,36-35-,39-38-. The third-order valence-corrected chi connectivity index (χ3v) is 10.2. The summed E-state index contributed by atoms with van der Waals surface area (Å²) in [7, 11) is 1.42. The van der Waals surface area contributed by atoms with Crippen LogP contribution in [0.25, 0.3) is 0 Å². The van der Waals surface area contributed by atoms with Crippen molar-refractivity contribution in [2.45, 2.75) is 155 Å². The lowest BCUT2D eigenvalue weighted by Crippen LogP contribution is -2.37. The maximum atomic E-state index is 12.6. The third-order valence-electron chi connectivity index (χ3n) is 9.26. The van der Waals surface area contributed by atoms with Crippen molar-refractivity contribution >= 4 is 19.8 Å². The topological polar surface area (TPSA) is 108 Å². The molecule has 0 aliphatic heterocycles. The molecule has 0 heterocycles. The van der Waals surface area contributed by atoms with E-state index in [4.69, 9.17) is 18.5 Å². The number of carbonyl (C=O) groups excluding carboxylic acids is 2. The van der Waals surface area contributed by atoms with Crippen LogP contribution < -0.4 is 0 Å². The first-order valence-electron chi connectivity index (χ1n) is 23.8. The van der Waals surface area contributed by atoms with Crippen molar-refractivity contribution < 1.29 is 42.1 Å². The van der Waals surface area contributed by atoms with Crippen molar-refractivity contribution in [2.24, 2.45) is 0 Å². The van der Waals surface area contributed by atoms with Gasteiger partial charge in [-0.2, -0.15) is 0 Å². The van der Waals surface area contributed by atoms with E-state index in [0.717, 1.165) is 109 Å². The largest absolute Gasteiger partial charge is 0.472 e. The van der Waals surface area contributed by atoms with E-state index in [9.17, 15) is 19.0 Å². The predicted molar refractivity (Wildman–Crippen MR) is 265 cm³/mol. The van der Waals surface area contributed by atoms with Crippen molar-refractivity contribution in [3.05, 3.63) is 122 Å². The van der Waals surface area contributed by atoms with E-state index in [1.807, 2.05) is 21.1 Å². The van der Waals surface area contributed by atoms with Gasteiger partial charge >= 0.3 is 19.8 Å². The Morgan fingerprint density at radius 1 is 0.508 bits per heavy atom. The Balaban J connectivity index is 4.22. The maximum Gasteiger partial charge on any atom is 0.472 e. The molecule has 0 rings (SSSR count). The smallest absolute Gasteiger partial charge is 0.462 e. The Morgan fingerprint density at radius 2 is 0.905 bits per heavy atom. The Labute approximate surface area is 384 Å². The van der Waals surface area contributed by atoms with E-state index in [-0.39, 0.29) is 26.1 Å². The summed E-state index contributed by atoms with van der Waals surface area (Å²) in [4.78, 5) is 35.1. The highest BCUT2D eigenvalue weighted by molar-refractivity contribution is 7.47. The number of phosphoric acid groups is 1. The molecule has 0 aromatic rings. The molecule has 63 heavy (non-hydrogen) atoms. The number of quaternary nitrogens is 1. The van der Waals surface area contributed by atoms with Gasteiger partial charge in [-0.05, 0) is 89.9 Å². The average Bonchev–Trinajstić information content (AvgIpc) is 3.24. The first-order chi connectivity index (χ1) is 30.5. The van der Waals surface area contributed by atoms with Gasteiger partial charge in [0.05, 0.1) is 27.7 Å². The van der Waals surface area contributed by atoms with Crippen LogP contribution in [0, 0.1) is 0 Å². The zero-order valence-electron chi connectivity index (χ0n) is 40.0. The summed E-state index contributed by atoms with van der Waals surface area (Å²) < 4.78 is 34.1. The highest BCUT2D eigenvalue weighted by Crippen LogP contribution is 2.43. The van der Waals surface area contributed by atoms with Gasteiger partial charge in [0, 0.05) is 12.8 Å². The van der Waals surface area contributed by atoms with E-state index in [1.165, 1.54) is 6.42 Å². The fraction of sp³-hybridized carbons (Fsp3) is 0.585. The maximum absolute atomic E-state index is 12.6. The highest BCUT2D eigenvalue weighted by Gasteiger charge is 2.27. The minimum absolute atomic E-state index is 0.0167. The molecule has 9 nitrogen and oxygen atoms in total. The minimum atomic E-state index is -4.39. The third kappa shape index (κ3) is 47.7. The number of unbranched alkanes of at least 4 members (excludes halogenated alkanes) is 7. The second kappa shape index (κ2) is 43.7. The van der Waals surface area contributed by atoms with Crippen molar-refractivity contribution in [2.75, 3.05) is 47.5 Å². The molecule has 0 spiro atoms. The van der Waals surface area contributed by atoms with E-state index < -0.39 is 32.5 Å². The lowest BCUT2D eigenvalue weighted by Gasteiger charge is -2.24. The van der Waals surface area contributed by atoms with Crippen molar-refractivity contribution in [3.8, 4) is 0 Å². The molecule has 0 aliphatic carbocycles. The van der Waals surface area contributed by atoms with Crippen molar-refractivity contribution in [1.82, 2.24) is 0 Å². The quantitative estimate of drug-likeness (QED) is 0.0213. The molecule has 2 atom stereocenters. The number of nitrogens with zero attached hydrogens (tertiary/aromatic N) is 1. The summed E-state index contributed by atoms with van der Waals surface area (Å²) in [6, 6.07) is 0. The van der Waals surface area contributed by atoms with Crippen LogP contribution in [0.4, 0.5) is 0 Å². The van der Waals surface area contributed by atoms with E-state index in [0.29, 0.717) is 17.4 Å². The van der Waals surface area contributed by atoms with Gasteiger partial charge in [0.25, 0.3) is 0 Å². The highest BCUT2D eigenvalue weighted by atomic mass is 31.2. The first-order valence-corrected chi connectivity index (χ1v) is 25.3. The molecule has 10 heteroatoms. The number of ether oxygens (including phenoxy) is 2. The minimum Gasteiger partial charge on any atom is -0.462 e. The van der Waals surface area contributed by atoms with Crippen molar-refractivity contribution in [1.29, 1.82) is 0 Å². The number of allylic oxidation sites excluding steroid dienone is 20. The lowest BCUT2D eigenvalue weighted by molar-refractivity contribution is -0.870. The molecule has 0 aromatic heterocycles. The van der Waals surface area contributed by atoms with Crippen LogP contribution >= 0.6 is 7.82 Å². The summed E-state index contributed by atoms with van der Waals surface area (Å²) in [6.45, 7) is 4.15.